The molecule has 0 fully saturated rings. The maximum atomic E-state index is 2.56. The molecule has 2 aliphatic carbocycles. The van der Waals surface area contributed by atoms with Gasteiger partial charge in [0, 0.05) is 16.9 Å². The first kappa shape index (κ1) is 37.4. The number of hydrogen-bond donors (Lipinski definition) is 0. The first-order valence-electron chi connectivity index (χ1n) is 23.8. The molecule has 0 saturated heterocycles. The van der Waals surface area contributed by atoms with Crippen LogP contribution >= 0.6 is 0 Å². The van der Waals surface area contributed by atoms with Crippen LogP contribution in [-0.4, -0.2) is 0 Å². The zero-order valence-electron chi connectivity index (χ0n) is 37.1. The first-order chi connectivity index (χ1) is 33.8. The van der Waals surface area contributed by atoms with Gasteiger partial charge in [0.2, 0.25) is 0 Å². The lowest BCUT2D eigenvalue weighted by Crippen LogP contribution is -2.28. The van der Waals surface area contributed by atoms with Gasteiger partial charge in [0.05, 0.1) is 11.1 Å². The van der Waals surface area contributed by atoms with Crippen LogP contribution in [0.15, 0.2) is 249 Å². The molecule has 2 aliphatic rings. The van der Waals surface area contributed by atoms with Crippen LogP contribution in [0.3, 0.4) is 0 Å². The molecule has 0 N–H and O–H groups in total. The average Bonchev–Trinajstić information content (AvgIpc) is 3.89. The summed E-state index contributed by atoms with van der Waals surface area (Å²) in [5.41, 5.74) is 15.7. The Kier molecular flexibility index (Phi) is 7.77. The SMILES string of the molecule is c1cc(-c2ccc3c4ccccc4c4ccccc4c3c2)cc(N(c2ccc3c4ccccc4c4ccccc4c3c2)c2cccc3c2C2(c4ccccc4-c4ccccc42)c2ccccc2-3)c1. The summed E-state index contributed by atoms with van der Waals surface area (Å²) in [4.78, 5) is 2.56. The maximum absolute atomic E-state index is 2.56. The van der Waals surface area contributed by atoms with Gasteiger partial charge in [-0.05, 0) is 151 Å². The van der Waals surface area contributed by atoms with Crippen molar-refractivity contribution in [2.24, 2.45) is 0 Å². The van der Waals surface area contributed by atoms with Crippen molar-refractivity contribution in [1.82, 2.24) is 0 Å². The van der Waals surface area contributed by atoms with Crippen LogP contribution in [0.4, 0.5) is 17.1 Å². The van der Waals surface area contributed by atoms with Crippen LogP contribution in [0.2, 0.25) is 0 Å². The number of fused-ring (bicyclic) bond motifs is 22. The highest BCUT2D eigenvalue weighted by Gasteiger charge is 2.53. The molecule has 1 heteroatoms. The molecular weight excluding hydrogens is 819 g/mol. The Morgan fingerprint density at radius 1 is 0.235 bits per heavy atom. The van der Waals surface area contributed by atoms with Gasteiger partial charge in [-0.3, -0.25) is 0 Å². The van der Waals surface area contributed by atoms with E-state index in [2.05, 4.69) is 254 Å². The van der Waals surface area contributed by atoms with Gasteiger partial charge in [-0.15, -0.1) is 0 Å². The molecule has 13 aromatic carbocycles. The van der Waals surface area contributed by atoms with Crippen molar-refractivity contribution in [2.75, 3.05) is 4.90 Å². The lowest BCUT2D eigenvalue weighted by molar-refractivity contribution is 0.793. The van der Waals surface area contributed by atoms with Gasteiger partial charge < -0.3 is 4.90 Å². The van der Waals surface area contributed by atoms with E-state index in [1.807, 2.05) is 0 Å². The molecule has 0 bridgehead atoms. The third-order valence-electron chi connectivity index (χ3n) is 15.4. The van der Waals surface area contributed by atoms with E-state index in [0.29, 0.717) is 0 Å². The van der Waals surface area contributed by atoms with Gasteiger partial charge in [0.1, 0.15) is 0 Å². The summed E-state index contributed by atoms with van der Waals surface area (Å²) in [5, 5.41) is 15.3. The summed E-state index contributed by atoms with van der Waals surface area (Å²) in [7, 11) is 0. The van der Waals surface area contributed by atoms with Gasteiger partial charge in [-0.25, -0.2) is 0 Å². The summed E-state index contributed by atoms with van der Waals surface area (Å²) in [6, 6.07) is 93.4. The molecule has 1 spiro atoms. The van der Waals surface area contributed by atoms with Crippen LogP contribution in [0.25, 0.3) is 98.0 Å². The van der Waals surface area contributed by atoms with Crippen LogP contribution in [-0.2, 0) is 5.41 Å². The third kappa shape index (κ3) is 5.00. The number of benzene rings is 13. The van der Waals surface area contributed by atoms with E-state index in [1.54, 1.807) is 0 Å². The van der Waals surface area contributed by atoms with E-state index >= 15 is 0 Å². The third-order valence-corrected chi connectivity index (χ3v) is 15.4. The summed E-state index contributed by atoms with van der Waals surface area (Å²) >= 11 is 0. The molecule has 0 unspecified atom stereocenters. The van der Waals surface area contributed by atoms with Crippen molar-refractivity contribution in [2.45, 2.75) is 5.41 Å². The molecule has 68 heavy (non-hydrogen) atoms. The molecule has 1 nitrogen and oxygen atoms in total. The topological polar surface area (TPSA) is 3.24 Å². The summed E-state index contributed by atoms with van der Waals surface area (Å²) in [6.45, 7) is 0. The zero-order valence-corrected chi connectivity index (χ0v) is 37.1. The molecule has 15 rings (SSSR count). The largest absolute Gasteiger partial charge is 0.310 e. The number of anilines is 3. The highest BCUT2D eigenvalue weighted by molar-refractivity contribution is 6.27. The van der Waals surface area contributed by atoms with Crippen molar-refractivity contribution in [3.8, 4) is 33.4 Å². The van der Waals surface area contributed by atoms with E-state index in [9.17, 15) is 0 Å². The summed E-state index contributed by atoms with van der Waals surface area (Å²) < 4.78 is 0. The smallest absolute Gasteiger partial charge is 0.0746 e. The van der Waals surface area contributed by atoms with Crippen LogP contribution in [0, 0.1) is 0 Å². The zero-order chi connectivity index (χ0) is 44.5. The molecule has 314 valence electrons. The lowest BCUT2D eigenvalue weighted by Gasteiger charge is -2.36. The molecule has 0 atom stereocenters. The molecule has 0 radical (unpaired) electrons. The van der Waals surface area contributed by atoms with Crippen molar-refractivity contribution in [3.63, 3.8) is 0 Å². The van der Waals surface area contributed by atoms with Gasteiger partial charge >= 0.3 is 0 Å². The van der Waals surface area contributed by atoms with E-state index < -0.39 is 5.41 Å². The van der Waals surface area contributed by atoms with Crippen molar-refractivity contribution >= 4 is 81.7 Å². The number of rotatable bonds is 4. The quantitative estimate of drug-likeness (QED) is 0.159. The average molecular weight is 860 g/mol. The van der Waals surface area contributed by atoms with E-state index in [-0.39, 0.29) is 0 Å². The highest BCUT2D eigenvalue weighted by atomic mass is 15.1. The Morgan fingerprint density at radius 2 is 0.603 bits per heavy atom. The molecule has 0 amide bonds. The van der Waals surface area contributed by atoms with Crippen molar-refractivity contribution < 1.29 is 0 Å². The second-order valence-corrected chi connectivity index (χ2v) is 18.6. The van der Waals surface area contributed by atoms with E-state index in [1.165, 1.54) is 126 Å². The molecule has 13 aromatic rings. The van der Waals surface area contributed by atoms with Crippen molar-refractivity contribution in [1.29, 1.82) is 0 Å². The monoisotopic (exact) mass is 859 g/mol. The minimum absolute atomic E-state index is 0.534. The predicted octanol–water partition coefficient (Wildman–Crippen LogP) is 18.1. The summed E-state index contributed by atoms with van der Waals surface area (Å²) in [5.74, 6) is 0. The molecule has 0 aliphatic heterocycles. The fourth-order valence-corrected chi connectivity index (χ4v) is 12.7. The lowest BCUT2D eigenvalue weighted by atomic mass is 9.70. The second-order valence-electron chi connectivity index (χ2n) is 18.6. The fourth-order valence-electron chi connectivity index (χ4n) is 12.7. The molecular formula is C67H41N. The van der Waals surface area contributed by atoms with Gasteiger partial charge in [0.25, 0.3) is 0 Å². The Labute approximate surface area is 394 Å². The molecule has 0 saturated carbocycles. The Hall–Kier alpha value is -8.78. The normalized spacial score (nSPS) is 13.1. The first-order valence-corrected chi connectivity index (χ1v) is 23.8. The minimum Gasteiger partial charge on any atom is -0.310 e. The van der Waals surface area contributed by atoms with Gasteiger partial charge in [-0.1, -0.05) is 212 Å². The standard InChI is InChI=1S/C67H41N/c1-3-23-50-46(19-1)48-21-5-7-25-52(48)60-40-43(35-37-54(50)60)42-17-15-18-44(39-42)68(45-36-38-55-51-24-4-2-20-47(51)49-22-6-8-26-53(49)61(55)41-45)65-34-16-30-59-58-29-11-14-33-64(58)67(66(59)65)62-31-12-9-27-56(62)57-28-10-13-32-63(57)67/h1-41H. The second kappa shape index (κ2) is 14.1. The Bertz CT molecular complexity index is 4150. The van der Waals surface area contributed by atoms with Crippen LogP contribution in [0.5, 0.6) is 0 Å². The number of nitrogens with zero attached hydrogens (tertiary/aromatic N) is 1. The Morgan fingerprint density at radius 3 is 1.13 bits per heavy atom. The van der Waals surface area contributed by atoms with Crippen LogP contribution < -0.4 is 4.90 Å². The van der Waals surface area contributed by atoms with Crippen molar-refractivity contribution in [3.05, 3.63) is 271 Å². The highest BCUT2D eigenvalue weighted by Crippen LogP contribution is 2.65. The minimum atomic E-state index is -0.534. The van der Waals surface area contributed by atoms with E-state index in [0.717, 1.165) is 11.4 Å². The fraction of sp³-hybridized carbons (Fsp3) is 0.0149. The number of hydrogen-bond acceptors (Lipinski definition) is 1. The Balaban J connectivity index is 1.03. The van der Waals surface area contributed by atoms with E-state index in [4.69, 9.17) is 0 Å². The van der Waals surface area contributed by atoms with Gasteiger partial charge in [0.15, 0.2) is 0 Å². The summed E-state index contributed by atoms with van der Waals surface area (Å²) in [6.07, 6.45) is 0. The molecule has 0 aromatic heterocycles. The maximum Gasteiger partial charge on any atom is 0.0746 e. The molecule has 0 heterocycles. The predicted molar refractivity (Wildman–Crippen MR) is 288 cm³/mol. The van der Waals surface area contributed by atoms with Crippen LogP contribution in [0.1, 0.15) is 22.3 Å². The van der Waals surface area contributed by atoms with Gasteiger partial charge in [-0.2, -0.15) is 0 Å².